The second-order valence-electron chi connectivity index (χ2n) is 3.53. The van der Waals surface area contributed by atoms with Crippen molar-refractivity contribution < 1.29 is 4.79 Å². The lowest BCUT2D eigenvalue weighted by Crippen LogP contribution is -2.28. The highest BCUT2D eigenvalue weighted by Crippen LogP contribution is 2.11. The molecule has 1 aromatic rings. The summed E-state index contributed by atoms with van der Waals surface area (Å²) in [6, 6.07) is 9.69. The summed E-state index contributed by atoms with van der Waals surface area (Å²) >= 11 is 3.34. The lowest BCUT2D eigenvalue weighted by Gasteiger charge is -2.15. The molecule has 3 nitrogen and oxygen atoms in total. The Morgan fingerprint density at radius 1 is 1.44 bits per heavy atom. The second kappa shape index (κ2) is 6.29. The Balaban J connectivity index is 2.51. The minimum Gasteiger partial charge on any atom is -0.344 e. The number of halogens is 1. The van der Waals surface area contributed by atoms with Crippen molar-refractivity contribution in [3.63, 3.8) is 0 Å². The molecule has 0 atom stereocenters. The maximum Gasteiger partial charge on any atom is 0.226 e. The fourth-order valence-corrected chi connectivity index (χ4v) is 1.52. The van der Waals surface area contributed by atoms with Crippen LogP contribution in [-0.2, 0) is 11.2 Å². The van der Waals surface area contributed by atoms with Gasteiger partial charge in [0.2, 0.25) is 5.91 Å². The first kappa shape index (κ1) is 12.7. The Labute approximate surface area is 104 Å². The number of amides is 1. The highest BCUT2D eigenvalue weighted by atomic mass is 79.9. The molecule has 0 saturated heterocycles. The molecule has 0 aliphatic carbocycles. The number of carbonyl (C=O) groups excluding carboxylic acids is 1. The van der Waals surface area contributed by atoms with Crippen molar-refractivity contribution in [3.8, 4) is 6.07 Å². The number of benzene rings is 1. The van der Waals surface area contributed by atoms with E-state index in [1.165, 1.54) is 0 Å². The quantitative estimate of drug-likeness (QED) is 0.850. The maximum absolute atomic E-state index is 11.7. The molecule has 0 saturated carbocycles. The summed E-state index contributed by atoms with van der Waals surface area (Å²) in [6.45, 7) is 0.492. The highest BCUT2D eigenvalue weighted by molar-refractivity contribution is 9.10. The first-order valence-electron chi connectivity index (χ1n) is 4.99. The van der Waals surface area contributed by atoms with E-state index >= 15 is 0 Å². The third-order valence-electron chi connectivity index (χ3n) is 2.25. The minimum atomic E-state index is 0.0394. The van der Waals surface area contributed by atoms with Gasteiger partial charge >= 0.3 is 0 Å². The van der Waals surface area contributed by atoms with Crippen LogP contribution in [-0.4, -0.2) is 24.4 Å². The maximum atomic E-state index is 11.7. The van der Waals surface area contributed by atoms with Gasteiger partial charge in [0.15, 0.2) is 0 Å². The summed E-state index contributed by atoms with van der Waals surface area (Å²) in [5.41, 5.74) is 0.983. The Morgan fingerprint density at radius 3 is 2.62 bits per heavy atom. The van der Waals surface area contributed by atoms with Crippen molar-refractivity contribution in [2.75, 3.05) is 13.6 Å². The average molecular weight is 281 g/mol. The van der Waals surface area contributed by atoms with Crippen molar-refractivity contribution in [2.45, 2.75) is 12.8 Å². The molecule has 1 aromatic carbocycles. The van der Waals surface area contributed by atoms with Crippen molar-refractivity contribution in [2.24, 2.45) is 0 Å². The minimum absolute atomic E-state index is 0.0394. The van der Waals surface area contributed by atoms with Gasteiger partial charge in [0.05, 0.1) is 18.9 Å². The molecule has 0 N–H and O–H groups in total. The Morgan fingerprint density at radius 2 is 2.06 bits per heavy atom. The van der Waals surface area contributed by atoms with Gasteiger partial charge in [-0.25, -0.2) is 0 Å². The van der Waals surface area contributed by atoms with Gasteiger partial charge in [-0.05, 0) is 17.7 Å². The molecule has 0 spiro atoms. The van der Waals surface area contributed by atoms with Crippen molar-refractivity contribution >= 4 is 21.8 Å². The first-order chi connectivity index (χ1) is 7.63. The smallest absolute Gasteiger partial charge is 0.226 e. The molecular weight excluding hydrogens is 268 g/mol. The fourth-order valence-electron chi connectivity index (χ4n) is 1.25. The Bertz CT molecular complexity index is 394. The summed E-state index contributed by atoms with van der Waals surface area (Å²) in [7, 11) is 1.72. The third kappa shape index (κ3) is 4.03. The number of hydrogen-bond donors (Lipinski definition) is 0. The first-order valence-corrected chi connectivity index (χ1v) is 5.78. The monoisotopic (exact) mass is 280 g/mol. The number of likely N-dealkylation sites (N-methyl/N-ethyl adjacent to an activating group) is 1. The molecule has 0 heterocycles. The van der Waals surface area contributed by atoms with Crippen LogP contribution < -0.4 is 0 Å². The average Bonchev–Trinajstić information content (AvgIpc) is 2.29. The lowest BCUT2D eigenvalue weighted by atomic mass is 10.1. The number of rotatable bonds is 4. The van der Waals surface area contributed by atoms with Gasteiger partial charge in [0, 0.05) is 18.1 Å². The van der Waals surface area contributed by atoms with Gasteiger partial charge in [-0.3, -0.25) is 4.79 Å². The van der Waals surface area contributed by atoms with E-state index < -0.39 is 0 Å². The van der Waals surface area contributed by atoms with E-state index in [-0.39, 0.29) is 5.91 Å². The van der Waals surface area contributed by atoms with E-state index in [0.29, 0.717) is 19.4 Å². The number of nitrogens with zero attached hydrogens (tertiary/aromatic N) is 2. The van der Waals surface area contributed by atoms with E-state index in [4.69, 9.17) is 5.26 Å². The zero-order valence-corrected chi connectivity index (χ0v) is 10.7. The molecule has 16 heavy (non-hydrogen) atoms. The summed E-state index contributed by atoms with van der Waals surface area (Å²) in [4.78, 5) is 13.3. The fraction of sp³-hybridized carbons (Fsp3) is 0.333. The van der Waals surface area contributed by atoms with Crippen LogP contribution in [0.2, 0.25) is 0 Å². The molecule has 0 aliphatic rings. The van der Waals surface area contributed by atoms with Gasteiger partial charge in [0.25, 0.3) is 0 Å². The van der Waals surface area contributed by atoms with Gasteiger partial charge < -0.3 is 4.90 Å². The van der Waals surface area contributed by atoms with E-state index in [2.05, 4.69) is 15.9 Å². The molecule has 0 bridgehead atoms. The Kier molecular flexibility index (Phi) is 5.00. The number of nitriles is 1. The molecule has 1 rings (SSSR count). The molecule has 84 valence electrons. The number of carbonyl (C=O) groups is 1. The molecule has 1 amide bonds. The summed E-state index contributed by atoms with van der Waals surface area (Å²) < 4.78 is 1.00. The van der Waals surface area contributed by atoms with Gasteiger partial charge in [-0.2, -0.15) is 5.26 Å². The topological polar surface area (TPSA) is 44.1 Å². The van der Waals surface area contributed by atoms with Gasteiger partial charge in [-0.1, -0.05) is 28.1 Å². The van der Waals surface area contributed by atoms with Crippen LogP contribution in [0.4, 0.5) is 0 Å². The van der Waals surface area contributed by atoms with Crippen LogP contribution in [0.25, 0.3) is 0 Å². The van der Waals surface area contributed by atoms with E-state index in [1.54, 1.807) is 11.9 Å². The van der Waals surface area contributed by atoms with Crippen LogP contribution in [0.15, 0.2) is 28.7 Å². The standard InChI is InChI=1S/C12H13BrN2O/c1-15(8-2-7-14)12(16)9-10-3-5-11(13)6-4-10/h3-6H,2,8-9H2,1H3. The molecule has 0 aromatic heterocycles. The van der Waals surface area contributed by atoms with Crippen molar-refractivity contribution in [1.29, 1.82) is 5.26 Å². The largest absolute Gasteiger partial charge is 0.344 e. The summed E-state index contributed by atoms with van der Waals surface area (Å²) in [6.07, 6.45) is 0.762. The van der Waals surface area contributed by atoms with Crippen molar-refractivity contribution in [1.82, 2.24) is 4.90 Å². The van der Waals surface area contributed by atoms with Crippen LogP contribution in [0.3, 0.4) is 0 Å². The van der Waals surface area contributed by atoms with E-state index in [9.17, 15) is 4.79 Å². The molecule has 0 aliphatic heterocycles. The Hall–Kier alpha value is -1.34. The molecule has 4 heteroatoms. The van der Waals surface area contributed by atoms with Crippen molar-refractivity contribution in [3.05, 3.63) is 34.3 Å². The van der Waals surface area contributed by atoms with E-state index in [0.717, 1.165) is 10.0 Å². The summed E-state index contributed by atoms with van der Waals surface area (Å²) in [5, 5.41) is 8.42. The molecular formula is C12H13BrN2O. The van der Waals surface area contributed by atoms with Gasteiger partial charge in [0.1, 0.15) is 0 Å². The van der Waals surface area contributed by atoms with Crippen LogP contribution in [0.5, 0.6) is 0 Å². The zero-order valence-electron chi connectivity index (χ0n) is 9.11. The predicted molar refractivity (Wildman–Crippen MR) is 65.7 cm³/mol. The zero-order chi connectivity index (χ0) is 12.0. The van der Waals surface area contributed by atoms with Crippen LogP contribution >= 0.6 is 15.9 Å². The number of hydrogen-bond acceptors (Lipinski definition) is 2. The molecule has 0 unspecified atom stereocenters. The van der Waals surface area contributed by atoms with Crippen LogP contribution in [0.1, 0.15) is 12.0 Å². The summed E-state index contributed by atoms with van der Waals surface area (Å²) in [5.74, 6) is 0.0394. The van der Waals surface area contributed by atoms with E-state index in [1.807, 2.05) is 30.3 Å². The second-order valence-corrected chi connectivity index (χ2v) is 4.44. The van der Waals surface area contributed by atoms with Crippen LogP contribution in [0, 0.1) is 11.3 Å². The van der Waals surface area contributed by atoms with Gasteiger partial charge in [-0.15, -0.1) is 0 Å². The molecule has 0 radical (unpaired) electrons. The predicted octanol–water partition coefficient (Wildman–Crippen LogP) is 2.36. The third-order valence-corrected chi connectivity index (χ3v) is 2.78. The highest BCUT2D eigenvalue weighted by Gasteiger charge is 2.08. The lowest BCUT2D eigenvalue weighted by molar-refractivity contribution is -0.129. The normalized spacial score (nSPS) is 9.56. The SMILES string of the molecule is CN(CCC#N)C(=O)Cc1ccc(Br)cc1. The molecule has 0 fully saturated rings.